The third-order valence-electron chi connectivity index (χ3n) is 4.32. The molecule has 1 saturated heterocycles. The number of amides is 1. The predicted molar refractivity (Wildman–Crippen MR) is 81.9 cm³/mol. The van der Waals surface area contributed by atoms with Crippen LogP contribution in [0.15, 0.2) is 30.7 Å². The molecule has 8 nitrogen and oxygen atoms in total. The largest absolute Gasteiger partial charge is 0.379 e. The molecule has 0 bridgehead atoms. The highest BCUT2D eigenvalue weighted by Crippen LogP contribution is 2.29. The Morgan fingerprint density at radius 2 is 2.30 bits per heavy atom. The van der Waals surface area contributed by atoms with Gasteiger partial charge in [-0.3, -0.25) is 4.79 Å². The van der Waals surface area contributed by atoms with E-state index in [1.165, 1.54) is 0 Å². The molecule has 0 unspecified atom stereocenters. The second-order valence-electron chi connectivity index (χ2n) is 5.63. The number of hydrogen-bond acceptors (Lipinski definition) is 5. The lowest BCUT2D eigenvalue weighted by molar-refractivity contribution is 0.0714. The van der Waals surface area contributed by atoms with Gasteiger partial charge in [0.15, 0.2) is 0 Å². The first-order chi connectivity index (χ1) is 11.3. The lowest BCUT2D eigenvalue weighted by Crippen LogP contribution is -2.30. The summed E-state index contributed by atoms with van der Waals surface area (Å²) in [4.78, 5) is 21.8. The standard InChI is InChI=1S/C15H16N6O2/c1-23-13-8-21(7-11(13)12-6-18-20-19-12)15(22)10-4-9-2-3-16-14(9)17-5-10/h2-6,11,13H,7-8H2,1H3,(H,16,17)(H,18,19,20)/t11-,13+/m0/s1. The Labute approximate surface area is 131 Å². The van der Waals surface area contributed by atoms with E-state index < -0.39 is 0 Å². The zero-order valence-electron chi connectivity index (χ0n) is 12.6. The maximum atomic E-state index is 12.8. The van der Waals surface area contributed by atoms with E-state index in [1.807, 2.05) is 18.3 Å². The van der Waals surface area contributed by atoms with E-state index in [1.54, 1.807) is 24.4 Å². The number of H-pyrrole nitrogens is 2. The SMILES string of the molecule is CO[C@@H]1CN(C(=O)c2cnc3[nH]ccc3c2)C[C@H]1c1cn[nH]n1. The second-order valence-corrected chi connectivity index (χ2v) is 5.63. The van der Waals surface area contributed by atoms with Gasteiger partial charge < -0.3 is 14.6 Å². The molecule has 4 heterocycles. The summed E-state index contributed by atoms with van der Waals surface area (Å²) in [5, 5.41) is 11.5. The lowest BCUT2D eigenvalue weighted by Gasteiger charge is -2.15. The van der Waals surface area contributed by atoms with E-state index in [-0.39, 0.29) is 17.9 Å². The average molecular weight is 312 g/mol. The average Bonchev–Trinajstić information content (AvgIpc) is 3.31. The molecule has 3 aromatic rings. The number of fused-ring (bicyclic) bond motifs is 1. The molecule has 2 N–H and O–H groups in total. The first-order valence-electron chi connectivity index (χ1n) is 7.37. The molecule has 3 aromatic heterocycles. The van der Waals surface area contributed by atoms with Crippen molar-refractivity contribution < 1.29 is 9.53 Å². The molecule has 1 fully saturated rings. The van der Waals surface area contributed by atoms with Gasteiger partial charge in [-0.1, -0.05) is 0 Å². The van der Waals surface area contributed by atoms with Gasteiger partial charge in [0.25, 0.3) is 5.91 Å². The first kappa shape index (κ1) is 13.9. The number of carbonyl (C=O) groups is 1. The van der Waals surface area contributed by atoms with Crippen LogP contribution in [0, 0.1) is 0 Å². The molecule has 1 aliphatic rings. The zero-order chi connectivity index (χ0) is 15.8. The number of ether oxygens (including phenoxy) is 1. The summed E-state index contributed by atoms with van der Waals surface area (Å²) in [6, 6.07) is 3.76. The Morgan fingerprint density at radius 3 is 3.09 bits per heavy atom. The molecule has 8 heteroatoms. The summed E-state index contributed by atoms with van der Waals surface area (Å²) in [5.41, 5.74) is 2.16. The number of aromatic nitrogens is 5. The van der Waals surface area contributed by atoms with Gasteiger partial charge in [-0.05, 0) is 12.1 Å². The fraction of sp³-hybridized carbons (Fsp3) is 0.333. The van der Waals surface area contributed by atoms with Crippen molar-refractivity contribution in [3.05, 3.63) is 42.0 Å². The van der Waals surface area contributed by atoms with Crippen molar-refractivity contribution in [2.45, 2.75) is 12.0 Å². The summed E-state index contributed by atoms with van der Waals surface area (Å²) in [6.07, 6.45) is 5.00. The van der Waals surface area contributed by atoms with Crippen molar-refractivity contribution in [1.29, 1.82) is 0 Å². The van der Waals surface area contributed by atoms with Crippen LogP contribution in [0.4, 0.5) is 0 Å². The molecule has 118 valence electrons. The van der Waals surface area contributed by atoms with E-state index in [2.05, 4.69) is 25.4 Å². The van der Waals surface area contributed by atoms with Crippen LogP contribution in [-0.2, 0) is 4.74 Å². The monoisotopic (exact) mass is 312 g/mol. The molecule has 2 atom stereocenters. The third-order valence-corrected chi connectivity index (χ3v) is 4.32. The maximum absolute atomic E-state index is 12.8. The summed E-state index contributed by atoms with van der Waals surface area (Å²) >= 11 is 0. The highest BCUT2D eigenvalue weighted by molar-refractivity contribution is 5.97. The molecule has 4 rings (SSSR count). The van der Waals surface area contributed by atoms with Crippen LogP contribution >= 0.6 is 0 Å². The smallest absolute Gasteiger partial charge is 0.255 e. The number of rotatable bonds is 3. The molecular formula is C15H16N6O2. The first-order valence-corrected chi connectivity index (χ1v) is 7.37. The summed E-state index contributed by atoms with van der Waals surface area (Å²) < 4.78 is 5.53. The van der Waals surface area contributed by atoms with Crippen LogP contribution in [0.3, 0.4) is 0 Å². The molecular weight excluding hydrogens is 296 g/mol. The number of nitrogens with zero attached hydrogens (tertiary/aromatic N) is 4. The van der Waals surface area contributed by atoms with Crippen molar-refractivity contribution in [3.63, 3.8) is 0 Å². The number of methoxy groups -OCH3 is 1. The highest BCUT2D eigenvalue weighted by atomic mass is 16.5. The minimum absolute atomic E-state index is 0.0200. The predicted octanol–water partition coefficient (Wildman–Crippen LogP) is 0.936. The van der Waals surface area contributed by atoms with Gasteiger partial charge in [-0.2, -0.15) is 15.4 Å². The van der Waals surface area contributed by atoms with Crippen LogP contribution in [0.2, 0.25) is 0 Å². The molecule has 1 amide bonds. The molecule has 0 aliphatic carbocycles. The number of pyridine rings is 1. The molecule has 0 aromatic carbocycles. The van der Waals surface area contributed by atoms with Gasteiger partial charge in [-0.15, -0.1) is 0 Å². The molecule has 23 heavy (non-hydrogen) atoms. The van der Waals surface area contributed by atoms with Gasteiger partial charge in [0.05, 0.1) is 29.5 Å². The van der Waals surface area contributed by atoms with E-state index in [4.69, 9.17) is 4.74 Å². The van der Waals surface area contributed by atoms with E-state index in [0.717, 1.165) is 16.7 Å². The third kappa shape index (κ3) is 2.36. The molecule has 1 aliphatic heterocycles. The van der Waals surface area contributed by atoms with E-state index >= 15 is 0 Å². The fourth-order valence-corrected chi connectivity index (χ4v) is 3.09. The van der Waals surface area contributed by atoms with Crippen molar-refractivity contribution >= 4 is 16.9 Å². The topological polar surface area (TPSA) is 99.8 Å². The number of aromatic amines is 2. The Morgan fingerprint density at radius 1 is 1.39 bits per heavy atom. The number of carbonyl (C=O) groups excluding carboxylic acids is 1. The van der Waals surface area contributed by atoms with Crippen LogP contribution in [0.1, 0.15) is 22.0 Å². The van der Waals surface area contributed by atoms with Gasteiger partial charge >= 0.3 is 0 Å². The van der Waals surface area contributed by atoms with Gasteiger partial charge in [0.2, 0.25) is 0 Å². The van der Waals surface area contributed by atoms with Crippen molar-refractivity contribution in [2.75, 3.05) is 20.2 Å². The van der Waals surface area contributed by atoms with Gasteiger partial charge in [0.1, 0.15) is 5.65 Å². The number of nitrogens with one attached hydrogen (secondary N) is 2. The minimum atomic E-state index is -0.0898. The van der Waals surface area contributed by atoms with Crippen LogP contribution < -0.4 is 0 Å². The zero-order valence-corrected chi connectivity index (χ0v) is 12.6. The second kappa shape index (κ2) is 5.47. The Hall–Kier alpha value is -2.74. The number of hydrogen-bond donors (Lipinski definition) is 2. The van der Waals surface area contributed by atoms with E-state index in [9.17, 15) is 4.79 Å². The Kier molecular flexibility index (Phi) is 3.30. The van der Waals surface area contributed by atoms with Crippen LogP contribution in [0.5, 0.6) is 0 Å². The quantitative estimate of drug-likeness (QED) is 0.749. The van der Waals surface area contributed by atoms with Gasteiger partial charge in [0, 0.05) is 38.0 Å². The van der Waals surface area contributed by atoms with E-state index in [0.29, 0.717) is 18.7 Å². The Bertz CT molecular complexity index is 827. The van der Waals surface area contributed by atoms with Crippen molar-refractivity contribution in [2.24, 2.45) is 0 Å². The van der Waals surface area contributed by atoms with Gasteiger partial charge in [-0.25, -0.2) is 4.98 Å². The normalized spacial score (nSPS) is 21.2. The van der Waals surface area contributed by atoms with Crippen LogP contribution in [0.25, 0.3) is 11.0 Å². The summed E-state index contributed by atoms with van der Waals surface area (Å²) in [5.74, 6) is -0.0275. The van der Waals surface area contributed by atoms with Crippen molar-refractivity contribution in [1.82, 2.24) is 30.3 Å². The fourth-order valence-electron chi connectivity index (χ4n) is 3.09. The number of likely N-dealkylation sites (tertiary alicyclic amines) is 1. The summed E-state index contributed by atoms with van der Waals surface area (Å²) in [6.45, 7) is 1.08. The Balaban J connectivity index is 1.59. The minimum Gasteiger partial charge on any atom is -0.379 e. The maximum Gasteiger partial charge on any atom is 0.255 e. The summed E-state index contributed by atoms with van der Waals surface area (Å²) in [7, 11) is 1.65. The molecule has 0 radical (unpaired) electrons. The van der Waals surface area contributed by atoms with Crippen molar-refractivity contribution in [3.8, 4) is 0 Å². The van der Waals surface area contributed by atoms with Crippen LogP contribution in [-0.4, -0.2) is 62.5 Å². The highest BCUT2D eigenvalue weighted by Gasteiger charge is 2.38. The molecule has 0 saturated carbocycles. The lowest BCUT2D eigenvalue weighted by atomic mass is 10.0. The molecule has 0 spiro atoms.